The Morgan fingerprint density at radius 1 is 1.40 bits per heavy atom. The van der Waals surface area contributed by atoms with E-state index in [0.29, 0.717) is 11.8 Å². The lowest BCUT2D eigenvalue weighted by molar-refractivity contribution is -0.305. The second kappa shape index (κ2) is 3.71. The van der Waals surface area contributed by atoms with E-state index in [4.69, 9.17) is 0 Å². The van der Waals surface area contributed by atoms with E-state index in [1.807, 2.05) is 0 Å². The summed E-state index contributed by atoms with van der Waals surface area (Å²) in [6.45, 7) is 6.54. The highest BCUT2D eigenvalue weighted by molar-refractivity contribution is 5.64. The maximum Gasteiger partial charge on any atom is 0.308 e. The highest BCUT2D eigenvalue weighted by atomic mass is 16.1. The molecule has 0 saturated carbocycles. The average molecular weight is 144 g/mol. The molecule has 0 unspecified atom stereocenters. The fraction of sp³-hybridized carbons (Fsp3) is 0.875. The number of amides is 1. The van der Waals surface area contributed by atoms with Crippen molar-refractivity contribution in [2.24, 2.45) is 5.41 Å². The van der Waals surface area contributed by atoms with Crippen LogP contribution in [0.25, 0.3) is 0 Å². The molecular formula is C8H18NO+. The van der Waals surface area contributed by atoms with Crippen molar-refractivity contribution in [1.82, 2.24) is 0 Å². The van der Waals surface area contributed by atoms with Crippen molar-refractivity contribution in [3.63, 3.8) is 0 Å². The fourth-order valence-electron chi connectivity index (χ4n) is 0.816. The zero-order chi connectivity index (χ0) is 8.20. The van der Waals surface area contributed by atoms with E-state index in [1.54, 1.807) is 0 Å². The van der Waals surface area contributed by atoms with Crippen molar-refractivity contribution < 1.29 is 10.5 Å². The number of carbonyl (C=O) groups excluding carboxylic acids is 1. The fourth-order valence-corrected chi connectivity index (χ4v) is 0.816. The summed E-state index contributed by atoms with van der Waals surface area (Å²) in [5.41, 5.74) is 3.68. The van der Waals surface area contributed by atoms with Crippen molar-refractivity contribution in [2.75, 3.05) is 0 Å². The summed E-state index contributed by atoms with van der Waals surface area (Å²) in [5, 5.41) is 0. The molecule has 1 amide bonds. The summed E-state index contributed by atoms with van der Waals surface area (Å²) in [5.74, 6) is 0.0595. The van der Waals surface area contributed by atoms with Gasteiger partial charge < -0.3 is 0 Å². The minimum atomic E-state index is 0.0595. The zero-order valence-electron chi connectivity index (χ0n) is 7.24. The molecule has 0 saturated heterocycles. The normalized spacial score (nSPS) is 11.6. The molecule has 0 spiro atoms. The molecule has 0 bridgehead atoms. The Balaban J connectivity index is 3.29. The number of rotatable bonds is 3. The van der Waals surface area contributed by atoms with Crippen LogP contribution in [0, 0.1) is 5.41 Å². The van der Waals surface area contributed by atoms with Crippen LogP contribution in [0.3, 0.4) is 0 Å². The van der Waals surface area contributed by atoms with Gasteiger partial charge in [0.2, 0.25) is 0 Å². The second-order valence-electron chi connectivity index (χ2n) is 3.95. The van der Waals surface area contributed by atoms with Gasteiger partial charge in [-0.1, -0.05) is 20.8 Å². The largest absolute Gasteiger partial charge is 0.308 e. The molecule has 0 fully saturated rings. The Kier molecular flexibility index (Phi) is 3.58. The van der Waals surface area contributed by atoms with Gasteiger partial charge >= 0.3 is 5.91 Å². The van der Waals surface area contributed by atoms with Crippen molar-refractivity contribution in [2.45, 2.75) is 40.0 Å². The van der Waals surface area contributed by atoms with E-state index in [0.717, 1.165) is 12.8 Å². The zero-order valence-corrected chi connectivity index (χ0v) is 7.24. The third kappa shape index (κ3) is 7.63. The quantitative estimate of drug-likeness (QED) is 0.630. The van der Waals surface area contributed by atoms with Crippen LogP contribution in [-0.4, -0.2) is 5.91 Å². The number of hydrogen-bond acceptors (Lipinski definition) is 1. The van der Waals surface area contributed by atoms with Gasteiger partial charge in [0, 0.05) is 0 Å². The molecule has 0 heterocycles. The molecule has 0 aromatic heterocycles. The Morgan fingerprint density at radius 2 is 1.90 bits per heavy atom. The van der Waals surface area contributed by atoms with E-state index in [9.17, 15) is 4.79 Å². The molecule has 0 aliphatic heterocycles. The van der Waals surface area contributed by atoms with Gasteiger partial charge in [-0.15, -0.1) is 0 Å². The Bertz CT molecular complexity index is 113. The molecule has 0 aromatic rings. The Morgan fingerprint density at radius 3 is 2.20 bits per heavy atom. The first-order valence-electron chi connectivity index (χ1n) is 3.76. The van der Waals surface area contributed by atoms with Crippen LogP contribution in [0.2, 0.25) is 0 Å². The average Bonchev–Trinajstić information content (AvgIpc) is 1.59. The van der Waals surface area contributed by atoms with Crippen LogP contribution < -0.4 is 5.73 Å². The SMILES string of the molecule is CC(C)(C)CCCC([NH3+])=O. The van der Waals surface area contributed by atoms with Gasteiger partial charge in [0.05, 0.1) is 6.42 Å². The summed E-state index contributed by atoms with van der Waals surface area (Å²) in [6, 6.07) is 0. The van der Waals surface area contributed by atoms with Crippen LogP contribution in [0.5, 0.6) is 0 Å². The van der Waals surface area contributed by atoms with Gasteiger partial charge in [-0.25, -0.2) is 4.79 Å². The molecule has 10 heavy (non-hydrogen) atoms. The van der Waals surface area contributed by atoms with Gasteiger partial charge in [-0.2, -0.15) is 0 Å². The molecule has 2 heteroatoms. The molecule has 0 rings (SSSR count). The molecule has 0 aromatic carbocycles. The maximum absolute atomic E-state index is 10.4. The minimum absolute atomic E-state index is 0.0595. The van der Waals surface area contributed by atoms with Crippen LogP contribution in [-0.2, 0) is 4.79 Å². The lowest BCUT2D eigenvalue weighted by Gasteiger charge is -2.16. The molecule has 0 radical (unpaired) electrons. The van der Waals surface area contributed by atoms with Gasteiger partial charge in [-0.05, 0) is 18.3 Å². The summed E-state index contributed by atoms with van der Waals surface area (Å²) >= 11 is 0. The predicted octanol–water partition coefficient (Wildman–Crippen LogP) is 0.971. The highest BCUT2D eigenvalue weighted by Gasteiger charge is 2.10. The van der Waals surface area contributed by atoms with Crippen molar-refractivity contribution >= 4 is 5.91 Å². The summed E-state index contributed by atoms with van der Waals surface area (Å²) < 4.78 is 0. The van der Waals surface area contributed by atoms with E-state index in [2.05, 4.69) is 26.5 Å². The van der Waals surface area contributed by atoms with E-state index >= 15 is 0 Å². The molecule has 3 N–H and O–H groups in total. The smallest absolute Gasteiger partial charge is 0.295 e. The highest BCUT2D eigenvalue weighted by Crippen LogP contribution is 2.20. The van der Waals surface area contributed by atoms with Crippen molar-refractivity contribution in [3.05, 3.63) is 0 Å². The van der Waals surface area contributed by atoms with Gasteiger partial charge in [0.15, 0.2) is 0 Å². The second-order valence-corrected chi connectivity index (χ2v) is 3.95. The Labute approximate surface area is 62.8 Å². The number of carbonyl (C=O) groups is 1. The van der Waals surface area contributed by atoms with Gasteiger partial charge in [0.1, 0.15) is 0 Å². The van der Waals surface area contributed by atoms with Gasteiger partial charge in [0.25, 0.3) is 0 Å². The lowest BCUT2D eigenvalue weighted by atomic mass is 9.90. The standard InChI is InChI=1S/C8H17NO/c1-8(2,3)6-4-5-7(9)10/h4-6H2,1-3H3,(H2,9,10)/p+1. The first kappa shape index (κ1) is 9.63. The maximum atomic E-state index is 10.4. The molecular weight excluding hydrogens is 126 g/mol. The van der Waals surface area contributed by atoms with Crippen LogP contribution >= 0.6 is 0 Å². The van der Waals surface area contributed by atoms with Crippen LogP contribution in [0.15, 0.2) is 0 Å². The number of quaternary nitrogens is 1. The molecule has 0 aliphatic rings. The minimum Gasteiger partial charge on any atom is -0.295 e. The molecule has 0 atom stereocenters. The van der Waals surface area contributed by atoms with Gasteiger partial charge in [-0.3, -0.25) is 5.73 Å². The van der Waals surface area contributed by atoms with Crippen molar-refractivity contribution in [3.8, 4) is 0 Å². The van der Waals surface area contributed by atoms with E-state index < -0.39 is 0 Å². The number of hydrogen-bond donors (Lipinski definition) is 1. The first-order valence-corrected chi connectivity index (χ1v) is 3.76. The molecule has 60 valence electrons. The molecule has 0 aliphatic carbocycles. The van der Waals surface area contributed by atoms with E-state index in [1.165, 1.54) is 0 Å². The van der Waals surface area contributed by atoms with Crippen molar-refractivity contribution in [1.29, 1.82) is 0 Å². The topological polar surface area (TPSA) is 44.7 Å². The third-order valence-corrected chi connectivity index (χ3v) is 1.38. The molecule has 2 nitrogen and oxygen atoms in total. The predicted molar refractivity (Wildman–Crippen MR) is 41.2 cm³/mol. The lowest BCUT2D eigenvalue weighted by Crippen LogP contribution is -2.56. The summed E-state index contributed by atoms with van der Waals surface area (Å²) in [7, 11) is 0. The first-order chi connectivity index (χ1) is 4.42. The van der Waals surface area contributed by atoms with E-state index in [-0.39, 0.29) is 5.91 Å². The third-order valence-electron chi connectivity index (χ3n) is 1.38. The summed E-state index contributed by atoms with van der Waals surface area (Å²) in [4.78, 5) is 10.4. The van der Waals surface area contributed by atoms with Crippen LogP contribution in [0.1, 0.15) is 40.0 Å². The Hall–Kier alpha value is -0.370. The monoisotopic (exact) mass is 144 g/mol. The summed E-state index contributed by atoms with van der Waals surface area (Å²) in [6.07, 6.45) is 2.72. The van der Waals surface area contributed by atoms with Crippen LogP contribution in [0.4, 0.5) is 0 Å².